The zero-order valence-electron chi connectivity index (χ0n) is 14.7. The summed E-state index contributed by atoms with van der Waals surface area (Å²) >= 11 is 0. The van der Waals surface area contributed by atoms with Crippen LogP contribution in [0, 0.1) is 17.2 Å². The summed E-state index contributed by atoms with van der Waals surface area (Å²) in [6.45, 7) is -0.0581. The molecule has 1 heterocycles. The summed E-state index contributed by atoms with van der Waals surface area (Å²) in [5.41, 5.74) is 5.78. The van der Waals surface area contributed by atoms with E-state index in [4.69, 9.17) is 15.7 Å². The van der Waals surface area contributed by atoms with Gasteiger partial charge in [0.15, 0.2) is 0 Å². The fourth-order valence-corrected chi connectivity index (χ4v) is 3.18. The van der Waals surface area contributed by atoms with E-state index in [0.717, 1.165) is 0 Å². The molecule has 3 N–H and O–H groups in total. The van der Waals surface area contributed by atoms with E-state index in [2.05, 4.69) is 5.32 Å². The van der Waals surface area contributed by atoms with E-state index in [-0.39, 0.29) is 26.3 Å². The van der Waals surface area contributed by atoms with E-state index in [9.17, 15) is 18.4 Å². The largest absolute Gasteiger partial charge is 0.377 e. The number of nitrogens with two attached hydrogens (primary N) is 1. The van der Waals surface area contributed by atoms with Crippen LogP contribution in [0.2, 0.25) is 0 Å². The van der Waals surface area contributed by atoms with Gasteiger partial charge in [-0.3, -0.25) is 4.79 Å². The number of morpholine rings is 1. The van der Waals surface area contributed by atoms with Gasteiger partial charge in [-0.05, 0) is 5.56 Å². The van der Waals surface area contributed by atoms with Gasteiger partial charge in [0.1, 0.15) is 6.54 Å². The fourth-order valence-electron chi connectivity index (χ4n) is 3.18. The topological polar surface area (TPSA) is 108 Å². The Balaban J connectivity index is 2.22. The maximum absolute atomic E-state index is 14.7. The Hall–Kier alpha value is -2.73. The molecule has 27 heavy (non-hydrogen) atoms. The van der Waals surface area contributed by atoms with Crippen LogP contribution in [-0.2, 0) is 16.0 Å². The molecule has 1 aromatic rings. The first-order valence-electron chi connectivity index (χ1n) is 8.54. The normalized spacial score (nSPS) is 18.4. The number of benzene rings is 1. The van der Waals surface area contributed by atoms with E-state index < -0.39 is 42.7 Å². The highest BCUT2D eigenvalue weighted by molar-refractivity contribution is 5.81. The van der Waals surface area contributed by atoms with Gasteiger partial charge in [0, 0.05) is 19.4 Å². The number of primary amides is 1. The molecular weight excluding hydrogens is 358 g/mol. The summed E-state index contributed by atoms with van der Waals surface area (Å²) in [5.74, 6) is -5.19. The first-order valence-corrected chi connectivity index (χ1v) is 8.54. The Morgan fingerprint density at radius 3 is 2.74 bits per heavy atom. The average Bonchev–Trinajstić information content (AvgIpc) is 2.64. The van der Waals surface area contributed by atoms with E-state index >= 15 is 0 Å². The lowest BCUT2D eigenvalue weighted by atomic mass is 9.88. The molecule has 1 aromatic carbocycles. The summed E-state index contributed by atoms with van der Waals surface area (Å²) in [6, 6.07) is 8.23. The number of nitrogens with zero attached hydrogens (tertiary/aromatic N) is 2. The molecule has 0 radical (unpaired) electrons. The van der Waals surface area contributed by atoms with Gasteiger partial charge in [0.2, 0.25) is 5.91 Å². The van der Waals surface area contributed by atoms with Gasteiger partial charge >= 0.3 is 6.03 Å². The smallest absolute Gasteiger partial charge is 0.315 e. The minimum Gasteiger partial charge on any atom is -0.377 e. The van der Waals surface area contributed by atoms with Crippen LogP contribution in [0.4, 0.5) is 13.6 Å². The van der Waals surface area contributed by atoms with Crippen LogP contribution < -0.4 is 11.1 Å². The summed E-state index contributed by atoms with van der Waals surface area (Å²) in [7, 11) is 0. The second kappa shape index (κ2) is 9.28. The van der Waals surface area contributed by atoms with Gasteiger partial charge in [0.25, 0.3) is 5.92 Å². The monoisotopic (exact) mass is 380 g/mol. The number of ether oxygens (including phenoxy) is 1. The average molecular weight is 380 g/mol. The molecule has 7 nitrogen and oxygen atoms in total. The molecule has 3 amide bonds. The summed E-state index contributed by atoms with van der Waals surface area (Å²) in [6.07, 6.45) is -1.34. The van der Waals surface area contributed by atoms with Crippen molar-refractivity contribution in [3.05, 3.63) is 35.9 Å². The molecule has 0 aliphatic carbocycles. The maximum atomic E-state index is 14.7. The Morgan fingerprint density at radius 2 is 2.11 bits per heavy atom. The first kappa shape index (κ1) is 20.6. The van der Waals surface area contributed by atoms with Crippen molar-refractivity contribution in [3.8, 4) is 6.07 Å². The van der Waals surface area contributed by atoms with Crippen molar-refractivity contribution >= 4 is 11.9 Å². The van der Waals surface area contributed by atoms with Crippen molar-refractivity contribution in [3.63, 3.8) is 0 Å². The van der Waals surface area contributed by atoms with E-state index in [1.54, 1.807) is 36.4 Å². The maximum Gasteiger partial charge on any atom is 0.315 e. The summed E-state index contributed by atoms with van der Waals surface area (Å²) < 4.78 is 34.7. The number of hydrogen-bond donors (Lipinski definition) is 2. The van der Waals surface area contributed by atoms with Crippen LogP contribution in [0.25, 0.3) is 0 Å². The number of carbonyl (C=O) groups excluding carboxylic acids is 2. The predicted octanol–water partition coefficient (Wildman–Crippen LogP) is 1.29. The lowest BCUT2D eigenvalue weighted by Gasteiger charge is -2.39. The summed E-state index contributed by atoms with van der Waals surface area (Å²) in [5, 5.41) is 11.0. The molecule has 1 aliphatic heterocycles. The number of carbonyl (C=O) groups is 2. The van der Waals surface area contributed by atoms with Gasteiger partial charge in [-0.15, -0.1) is 0 Å². The number of rotatable bonds is 7. The molecule has 2 atom stereocenters. The Kier molecular flexibility index (Phi) is 7.07. The van der Waals surface area contributed by atoms with E-state index in [1.807, 2.05) is 0 Å². The predicted molar refractivity (Wildman–Crippen MR) is 92.7 cm³/mol. The SMILES string of the molecule is N#CCNC(=O)[C@@H](CC(F)(F)Cc1ccccc1)C1COCCN1C(N)=O. The molecule has 0 saturated carbocycles. The van der Waals surface area contributed by atoms with E-state index in [1.165, 1.54) is 4.90 Å². The number of hydrogen-bond acceptors (Lipinski definition) is 4. The lowest BCUT2D eigenvalue weighted by Crippen LogP contribution is -2.57. The Morgan fingerprint density at radius 1 is 1.41 bits per heavy atom. The third-order valence-electron chi connectivity index (χ3n) is 4.42. The molecule has 146 valence electrons. The van der Waals surface area contributed by atoms with Crippen molar-refractivity contribution in [1.82, 2.24) is 10.2 Å². The number of amides is 3. The third-order valence-corrected chi connectivity index (χ3v) is 4.42. The van der Waals surface area contributed by atoms with Crippen molar-refractivity contribution in [2.24, 2.45) is 11.7 Å². The minimum absolute atomic E-state index is 0.0744. The molecule has 0 aromatic heterocycles. The van der Waals surface area contributed by atoms with Crippen LogP contribution in [0.3, 0.4) is 0 Å². The van der Waals surface area contributed by atoms with Crippen molar-refractivity contribution in [2.75, 3.05) is 26.3 Å². The van der Waals surface area contributed by atoms with Crippen LogP contribution >= 0.6 is 0 Å². The van der Waals surface area contributed by atoms with Crippen molar-refractivity contribution in [2.45, 2.75) is 24.8 Å². The van der Waals surface area contributed by atoms with Crippen LogP contribution in [0.1, 0.15) is 12.0 Å². The van der Waals surface area contributed by atoms with Crippen LogP contribution in [0.15, 0.2) is 30.3 Å². The number of halogens is 2. The number of nitrogens with one attached hydrogen (secondary N) is 1. The second-order valence-corrected chi connectivity index (χ2v) is 6.38. The van der Waals surface area contributed by atoms with Gasteiger partial charge in [-0.25, -0.2) is 13.6 Å². The standard InChI is InChI=1S/C18H22F2N4O3/c19-18(20,10-13-4-2-1-3-5-13)11-14(16(25)23-7-6-21)15-12-27-9-8-24(15)17(22)26/h1-5,14-15H,7-12H2,(H2,22,26)(H,23,25)/t14-,15?/m0/s1. The highest BCUT2D eigenvalue weighted by atomic mass is 19.3. The van der Waals surface area contributed by atoms with Gasteiger partial charge < -0.3 is 20.7 Å². The highest BCUT2D eigenvalue weighted by Crippen LogP contribution is 2.32. The quantitative estimate of drug-likeness (QED) is 0.695. The molecule has 0 spiro atoms. The van der Waals surface area contributed by atoms with Gasteiger partial charge in [-0.2, -0.15) is 5.26 Å². The number of alkyl halides is 2. The molecule has 1 saturated heterocycles. The molecule has 1 fully saturated rings. The van der Waals surface area contributed by atoms with Gasteiger partial charge in [0.05, 0.1) is 31.2 Å². The zero-order valence-corrected chi connectivity index (χ0v) is 14.7. The second-order valence-electron chi connectivity index (χ2n) is 6.38. The molecule has 1 aliphatic rings. The molecule has 2 rings (SSSR count). The summed E-state index contributed by atoms with van der Waals surface area (Å²) in [4.78, 5) is 25.3. The molecular formula is C18H22F2N4O3. The zero-order chi connectivity index (χ0) is 19.9. The Bertz CT molecular complexity index is 694. The molecule has 0 bridgehead atoms. The third kappa shape index (κ3) is 5.89. The van der Waals surface area contributed by atoms with Crippen LogP contribution in [-0.4, -0.2) is 55.1 Å². The highest BCUT2D eigenvalue weighted by Gasteiger charge is 2.43. The minimum atomic E-state index is -3.20. The lowest BCUT2D eigenvalue weighted by molar-refractivity contribution is -0.134. The number of nitriles is 1. The molecule has 9 heteroatoms. The van der Waals surface area contributed by atoms with Crippen molar-refractivity contribution < 1.29 is 23.1 Å². The fraction of sp³-hybridized carbons (Fsp3) is 0.500. The van der Waals surface area contributed by atoms with Crippen LogP contribution in [0.5, 0.6) is 0 Å². The number of urea groups is 1. The van der Waals surface area contributed by atoms with E-state index in [0.29, 0.717) is 5.56 Å². The first-order chi connectivity index (χ1) is 12.8. The van der Waals surface area contributed by atoms with Gasteiger partial charge in [-0.1, -0.05) is 30.3 Å². The molecule has 1 unspecified atom stereocenters. The van der Waals surface area contributed by atoms with Crippen molar-refractivity contribution in [1.29, 1.82) is 5.26 Å². The Labute approximate surface area is 156 Å².